The summed E-state index contributed by atoms with van der Waals surface area (Å²) in [5.41, 5.74) is -0.454. The lowest BCUT2D eigenvalue weighted by atomic mass is 10.0. The number of ether oxygens (including phenoxy) is 1. The van der Waals surface area contributed by atoms with Crippen molar-refractivity contribution in [2.45, 2.75) is 31.7 Å². The van der Waals surface area contributed by atoms with Crippen molar-refractivity contribution in [3.05, 3.63) is 29.8 Å². The molecule has 132 valence electrons. The maximum absolute atomic E-state index is 12.6. The number of imide groups is 1. The largest absolute Gasteiger partial charge is 0.573 e. The molecule has 1 saturated heterocycles. The van der Waals surface area contributed by atoms with E-state index in [-0.39, 0.29) is 18.5 Å². The number of alkyl halides is 3. The number of carbonyl (C=O) groups is 2. The van der Waals surface area contributed by atoms with Gasteiger partial charge >= 0.3 is 12.4 Å². The quantitative estimate of drug-likeness (QED) is 0.825. The molecule has 1 unspecified atom stereocenters. The molecule has 1 heterocycles. The van der Waals surface area contributed by atoms with Crippen LogP contribution in [0.3, 0.4) is 0 Å². The second-order valence-electron chi connectivity index (χ2n) is 6.23. The molecule has 0 radical (unpaired) electrons. The Hall–Kier alpha value is -2.76. The Morgan fingerprint density at radius 1 is 1.32 bits per heavy atom. The minimum Gasteiger partial charge on any atom is -0.405 e. The van der Waals surface area contributed by atoms with Crippen LogP contribution in [0.2, 0.25) is 0 Å². The molecule has 1 N–H and O–H groups in total. The minimum atomic E-state index is -4.91. The number of amides is 3. The van der Waals surface area contributed by atoms with Crippen molar-refractivity contribution in [3.8, 4) is 11.8 Å². The molecule has 0 spiro atoms. The van der Waals surface area contributed by atoms with E-state index in [9.17, 15) is 22.8 Å². The molecule has 9 heteroatoms. The van der Waals surface area contributed by atoms with Gasteiger partial charge in [-0.1, -0.05) is 18.2 Å². The lowest BCUT2D eigenvalue weighted by Gasteiger charge is -2.19. The SMILES string of the molecule is N#CCC1(CN2C(=O)NC(c3ccccc3OC(F)(F)F)C2=O)CC1. The Labute approximate surface area is 141 Å². The predicted molar refractivity (Wildman–Crippen MR) is 78.0 cm³/mol. The van der Waals surface area contributed by atoms with Crippen molar-refractivity contribution in [2.75, 3.05) is 6.54 Å². The van der Waals surface area contributed by atoms with Crippen LogP contribution in [0.15, 0.2) is 24.3 Å². The summed E-state index contributed by atoms with van der Waals surface area (Å²) < 4.78 is 41.6. The highest BCUT2D eigenvalue weighted by molar-refractivity contribution is 6.05. The molecule has 1 atom stereocenters. The van der Waals surface area contributed by atoms with Gasteiger partial charge in [0.1, 0.15) is 11.8 Å². The van der Waals surface area contributed by atoms with E-state index in [2.05, 4.69) is 10.1 Å². The van der Waals surface area contributed by atoms with Gasteiger partial charge in [0.15, 0.2) is 0 Å². The second-order valence-corrected chi connectivity index (χ2v) is 6.23. The van der Waals surface area contributed by atoms with Gasteiger partial charge in [-0.3, -0.25) is 9.69 Å². The standard InChI is InChI=1S/C16H14F3N3O3/c17-16(18,19)25-11-4-2-1-3-10(11)12-13(23)22(14(24)21-12)9-15(5-6-15)7-8-20/h1-4,12H,5-7,9H2,(H,21,24). The number of halogens is 3. The number of hydrogen-bond donors (Lipinski definition) is 1. The molecular weight excluding hydrogens is 339 g/mol. The first-order valence-corrected chi connectivity index (χ1v) is 7.58. The fraction of sp³-hybridized carbons (Fsp3) is 0.438. The zero-order valence-corrected chi connectivity index (χ0v) is 13.0. The average Bonchev–Trinajstić information content (AvgIpc) is 3.23. The smallest absolute Gasteiger partial charge is 0.405 e. The fourth-order valence-electron chi connectivity index (χ4n) is 2.89. The zero-order valence-electron chi connectivity index (χ0n) is 13.0. The zero-order chi connectivity index (χ0) is 18.2. The Morgan fingerprint density at radius 2 is 2.00 bits per heavy atom. The third kappa shape index (κ3) is 3.52. The molecule has 1 aliphatic carbocycles. The Balaban J connectivity index is 1.82. The summed E-state index contributed by atoms with van der Waals surface area (Å²) in [6.45, 7) is 0.0873. The fourth-order valence-corrected chi connectivity index (χ4v) is 2.89. The Morgan fingerprint density at radius 3 is 2.60 bits per heavy atom. The lowest BCUT2D eigenvalue weighted by molar-refractivity contribution is -0.275. The number of carbonyl (C=O) groups excluding carboxylic acids is 2. The van der Waals surface area contributed by atoms with Gasteiger partial charge in [0.2, 0.25) is 0 Å². The summed E-state index contributed by atoms with van der Waals surface area (Å²) in [5, 5.41) is 11.2. The molecular formula is C16H14F3N3O3. The number of nitriles is 1. The summed E-state index contributed by atoms with van der Waals surface area (Å²) in [6, 6.07) is 5.30. The molecule has 1 aliphatic heterocycles. The van der Waals surface area contributed by atoms with E-state index in [0.29, 0.717) is 0 Å². The third-order valence-electron chi connectivity index (χ3n) is 4.39. The van der Waals surface area contributed by atoms with E-state index in [0.717, 1.165) is 23.8 Å². The van der Waals surface area contributed by atoms with Crippen LogP contribution in [0.4, 0.5) is 18.0 Å². The summed E-state index contributed by atoms with van der Waals surface area (Å²) in [7, 11) is 0. The van der Waals surface area contributed by atoms with Gasteiger partial charge in [0.05, 0.1) is 6.07 Å². The van der Waals surface area contributed by atoms with Crippen LogP contribution < -0.4 is 10.1 Å². The normalized spacial score (nSPS) is 21.7. The van der Waals surface area contributed by atoms with Crippen molar-refractivity contribution in [2.24, 2.45) is 5.41 Å². The van der Waals surface area contributed by atoms with Gasteiger partial charge in [-0.2, -0.15) is 5.26 Å². The van der Waals surface area contributed by atoms with E-state index in [1.807, 2.05) is 6.07 Å². The lowest BCUT2D eigenvalue weighted by Crippen LogP contribution is -2.36. The molecule has 0 bridgehead atoms. The van der Waals surface area contributed by atoms with Crippen LogP contribution in [0.5, 0.6) is 5.75 Å². The molecule has 2 fully saturated rings. The number of nitrogens with zero attached hydrogens (tertiary/aromatic N) is 2. The maximum atomic E-state index is 12.6. The summed E-state index contributed by atoms with van der Waals surface area (Å²) in [5.74, 6) is -1.18. The monoisotopic (exact) mass is 353 g/mol. The van der Waals surface area contributed by atoms with Crippen LogP contribution in [0.1, 0.15) is 30.9 Å². The Bertz CT molecular complexity index is 753. The summed E-state index contributed by atoms with van der Waals surface area (Å²) in [4.78, 5) is 25.7. The van der Waals surface area contributed by atoms with Crippen LogP contribution >= 0.6 is 0 Å². The van der Waals surface area contributed by atoms with Crippen LogP contribution in [0.25, 0.3) is 0 Å². The van der Waals surface area contributed by atoms with E-state index in [4.69, 9.17) is 5.26 Å². The molecule has 0 aromatic heterocycles. The van der Waals surface area contributed by atoms with Gasteiger partial charge in [-0.05, 0) is 18.9 Å². The summed E-state index contributed by atoms with van der Waals surface area (Å²) in [6.07, 6.45) is -3.22. The molecule has 1 aromatic rings. The molecule has 1 aromatic carbocycles. The van der Waals surface area contributed by atoms with E-state index >= 15 is 0 Å². The first kappa shape index (κ1) is 17.1. The van der Waals surface area contributed by atoms with Crippen molar-refractivity contribution in [1.29, 1.82) is 5.26 Å². The van der Waals surface area contributed by atoms with Gasteiger partial charge < -0.3 is 10.1 Å². The second kappa shape index (κ2) is 5.95. The average molecular weight is 353 g/mol. The van der Waals surface area contributed by atoms with Crippen LogP contribution in [-0.2, 0) is 4.79 Å². The number of rotatable bonds is 5. The van der Waals surface area contributed by atoms with Gasteiger partial charge in [-0.15, -0.1) is 13.2 Å². The first-order chi connectivity index (χ1) is 11.7. The van der Waals surface area contributed by atoms with Crippen molar-refractivity contribution < 1.29 is 27.5 Å². The highest BCUT2D eigenvalue weighted by Gasteiger charge is 2.50. The summed E-state index contributed by atoms with van der Waals surface area (Å²) >= 11 is 0. The number of urea groups is 1. The minimum absolute atomic E-state index is 0.0641. The van der Waals surface area contributed by atoms with Gasteiger partial charge in [-0.25, -0.2) is 4.79 Å². The number of benzene rings is 1. The number of nitrogens with one attached hydrogen (secondary N) is 1. The highest BCUT2D eigenvalue weighted by Crippen LogP contribution is 2.49. The topological polar surface area (TPSA) is 82.4 Å². The molecule has 1 saturated carbocycles. The molecule has 3 rings (SSSR count). The molecule has 6 nitrogen and oxygen atoms in total. The van der Waals surface area contributed by atoms with E-state index in [1.165, 1.54) is 18.2 Å². The Kier molecular flexibility index (Phi) is 4.06. The van der Waals surface area contributed by atoms with Crippen molar-refractivity contribution >= 4 is 11.9 Å². The van der Waals surface area contributed by atoms with Crippen LogP contribution in [0, 0.1) is 16.7 Å². The van der Waals surface area contributed by atoms with Crippen molar-refractivity contribution in [3.63, 3.8) is 0 Å². The van der Waals surface area contributed by atoms with Crippen molar-refractivity contribution in [1.82, 2.24) is 10.2 Å². The first-order valence-electron chi connectivity index (χ1n) is 7.58. The molecule has 2 aliphatic rings. The molecule has 25 heavy (non-hydrogen) atoms. The maximum Gasteiger partial charge on any atom is 0.573 e. The molecule has 3 amide bonds. The number of para-hydroxylation sites is 1. The van der Waals surface area contributed by atoms with E-state index < -0.39 is 35.5 Å². The van der Waals surface area contributed by atoms with Crippen LogP contribution in [-0.4, -0.2) is 29.7 Å². The van der Waals surface area contributed by atoms with Gasteiger partial charge in [0.25, 0.3) is 5.91 Å². The third-order valence-corrected chi connectivity index (χ3v) is 4.39. The number of hydrogen-bond acceptors (Lipinski definition) is 4. The predicted octanol–water partition coefficient (Wildman–Crippen LogP) is 2.87. The van der Waals surface area contributed by atoms with Gasteiger partial charge in [0, 0.05) is 23.9 Å². The highest BCUT2D eigenvalue weighted by atomic mass is 19.4. The van der Waals surface area contributed by atoms with E-state index in [1.54, 1.807) is 0 Å².